The zero-order chi connectivity index (χ0) is 19.0. The van der Waals surface area contributed by atoms with E-state index in [0.29, 0.717) is 25.2 Å². The van der Waals surface area contributed by atoms with Gasteiger partial charge >= 0.3 is 0 Å². The number of hydrogen-bond donors (Lipinski definition) is 0. The molecule has 4 rings (SSSR count). The number of likely N-dealkylation sites (tertiary alicyclic amines) is 2. The standard InChI is InChI=1S/C20H24N4O2S/c1-22(2)19(26)20-13-23(12-17-4-3-9-27-17)10-16(20)11-24(14-20)18(25)15-5-7-21-8-6-15/h3-9,16H,10-14H2,1-2H3/t16-,20-/m1/s1. The molecule has 142 valence electrons. The van der Waals surface area contributed by atoms with Gasteiger partial charge in [0, 0.05) is 75.6 Å². The Kier molecular flexibility index (Phi) is 4.74. The van der Waals surface area contributed by atoms with Crippen molar-refractivity contribution in [1.29, 1.82) is 0 Å². The lowest BCUT2D eigenvalue weighted by molar-refractivity contribution is -0.139. The van der Waals surface area contributed by atoms with E-state index in [1.807, 2.05) is 19.0 Å². The quantitative estimate of drug-likeness (QED) is 0.807. The monoisotopic (exact) mass is 384 g/mol. The second-order valence-corrected chi connectivity index (χ2v) is 8.76. The van der Waals surface area contributed by atoms with E-state index in [1.165, 1.54) is 4.88 Å². The van der Waals surface area contributed by atoms with Crippen molar-refractivity contribution in [3.05, 3.63) is 52.5 Å². The molecule has 0 N–H and O–H groups in total. The van der Waals surface area contributed by atoms with Crippen LogP contribution in [-0.2, 0) is 11.3 Å². The minimum atomic E-state index is -0.510. The van der Waals surface area contributed by atoms with Gasteiger partial charge in [-0.3, -0.25) is 19.5 Å². The molecule has 0 radical (unpaired) electrons. The van der Waals surface area contributed by atoms with Crippen molar-refractivity contribution >= 4 is 23.2 Å². The second-order valence-electron chi connectivity index (χ2n) is 7.72. The normalized spacial score (nSPS) is 24.8. The number of thiophene rings is 1. The van der Waals surface area contributed by atoms with Gasteiger partial charge in [0.05, 0.1) is 5.41 Å². The predicted molar refractivity (Wildman–Crippen MR) is 104 cm³/mol. The molecule has 0 aliphatic carbocycles. The Balaban J connectivity index is 1.56. The van der Waals surface area contributed by atoms with Gasteiger partial charge in [-0.15, -0.1) is 11.3 Å². The summed E-state index contributed by atoms with van der Waals surface area (Å²) >= 11 is 1.75. The van der Waals surface area contributed by atoms with E-state index in [-0.39, 0.29) is 17.7 Å². The van der Waals surface area contributed by atoms with E-state index in [4.69, 9.17) is 0 Å². The lowest BCUT2D eigenvalue weighted by atomic mass is 9.80. The molecule has 7 heteroatoms. The molecule has 4 heterocycles. The first-order valence-corrected chi connectivity index (χ1v) is 10.0. The SMILES string of the molecule is CN(C)C(=O)[C@@]12CN(Cc3cccs3)C[C@@H]1CN(C(=O)c1ccncc1)C2. The molecular formula is C20H24N4O2S. The maximum absolute atomic E-state index is 13.2. The topological polar surface area (TPSA) is 56.8 Å². The number of aromatic nitrogens is 1. The van der Waals surface area contributed by atoms with Crippen LogP contribution in [0.5, 0.6) is 0 Å². The number of fused-ring (bicyclic) bond motifs is 1. The number of nitrogens with zero attached hydrogens (tertiary/aromatic N) is 4. The van der Waals surface area contributed by atoms with Crippen molar-refractivity contribution in [2.45, 2.75) is 6.54 Å². The number of amides is 2. The number of pyridine rings is 1. The van der Waals surface area contributed by atoms with Crippen LogP contribution in [0.4, 0.5) is 0 Å². The molecule has 0 bridgehead atoms. The first-order valence-electron chi connectivity index (χ1n) is 9.15. The molecule has 0 saturated carbocycles. The van der Waals surface area contributed by atoms with Crippen LogP contribution in [-0.4, -0.2) is 71.8 Å². The van der Waals surface area contributed by atoms with Crippen LogP contribution in [0.3, 0.4) is 0 Å². The molecule has 0 aromatic carbocycles. The van der Waals surface area contributed by atoms with E-state index < -0.39 is 5.41 Å². The maximum Gasteiger partial charge on any atom is 0.254 e. The van der Waals surface area contributed by atoms with Crippen LogP contribution in [0.2, 0.25) is 0 Å². The molecule has 0 unspecified atom stereocenters. The highest BCUT2D eigenvalue weighted by Crippen LogP contribution is 2.44. The third-order valence-electron chi connectivity index (χ3n) is 5.69. The summed E-state index contributed by atoms with van der Waals surface area (Å²) in [6.45, 7) is 3.53. The molecule has 6 nitrogen and oxygen atoms in total. The third kappa shape index (κ3) is 3.26. The molecule has 2 aliphatic rings. The molecule has 2 saturated heterocycles. The van der Waals surface area contributed by atoms with Crippen molar-refractivity contribution in [3.8, 4) is 0 Å². The Morgan fingerprint density at radius 1 is 1.22 bits per heavy atom. The van der Waals surface area contributed by atoms with Crippen LogP contribution in [0.25, 0.3) is 0 Å². The summed E-state index contributed by atoms with van der Waals surface area (Å²) < 4.78 is 0. The highest BCUT2D eigenvalue weighted by molar-refractivity contribution is 7.09. The predicted octanol–water partition coefficient (Wildman–Crippen LogP) is 1.81. The van der Waals surface area contributed by atoms with Gasteiger partial charge in [0.25, 0.3) is 5.91 Å². The van der Waals surface area contributed by atoms with Gasteiger partial charge < -0.3 is 9.80 Å². The summed E-state index contributed by atoms with van der Waals surface area (Å²) in [5.74, 6) is 0.284. The highest BCUT2D eigenvalue weighted by Gasteiger charge is 2.58. The van der Waals surface area contributed by atoms with Crippen molar-refractivity contribution < 1.29 is 9.59 Å². The molecule has 2 aromatic rings. The summed E-state index contributed by atoms with van der Waals surface area (Å²) in [6.07, 6.45) is 3.27. The van der Waals surface area contributed by atoms with Gasteiger partial charge in [0.2, 0.25) is 5.91 Å². The van der Waals surface area contributed by atoms with Gasteiger partial charge in [-0.1, -0.05) is 6.07 Å². The van der Waals surface area contributed by atoms with Gasteiger partial charge in [0.15, 0.2) is 0 Å². The van der Waals surface area contributed by atoms with Crippen LogP contribution >= 0.6 is 11.3 Å². The Bertz CT molecular complexity index is 824. The number of carbonyl (C=O) groups is 2. The fraction of sp³-hybridized carbons (Fsp3) is 0.450. The fourth-order valence-electron chi connectivity index (χ4n) is 4.49. The fourth-order valence-corrected chi connectivity index (χ4v) is 5.24. The summed E-state index contributed by atoms with van der Waals surface area (Å²) in [5.41, 5.74) is 0.122. The molecule has 27 heavy (non-hydrogen) atoms. The largest absolute Gasteiger partial charge is 0.348 e. The molecule has 2 aromatic heterocycles. The maximum atomic E-state index is 13.2. The first-order chi connectivity index (χ1) is 13.0. The van der Waals surface area contributed by atoms with Crippen LogP contribution in [0, 0.1) is 11.3 Å². The van der Waals surface area contributed by atoms with Crippen LogP contribution in [0.15, 0.2) is 42.0 Å². The van der Waals surface area contributed by atoms with Crippen LogP contribution in [0.1, 0.15) is 15.2 Å². The molecule has 2 atom stereocenters. The van der Waals surface area contributed by atoms with E-state index in [2.05, 4.69) is 27.4 Å². The zero-order valence-corrected chi connectivity index (χ0v) is 16.5. The molecular weight excluding hydrogens is 360 g/mol. The number of carbonyl (C=O) groups excluding carboxylic acids is 2. The Labute approximate surface area is 163 Å². The molecule has 2 amide bonds. The average Bonchev–Trinajstić information content (AvgIpc) is 3.36. The van der Waals surface area contributed by atoms with Gasteiger partial charge in [0.1, 0.15) is 0 Å². The summed E-state index contributed by atoms with van der Waals surface area (Å²) in [6, 6.07) is 7.67. The highest BCUT2D eigenvalue weighted by atomic mass is 32.1. The lowest BCUT2D eigenvalue weighted by Crippen LogP contribution is -2.47. The van der Waals surface area contributed by atoms with E-state index in [0.717, 1.165) is 13.1 Å². The Morgan fingerprint density at radius 2 is 2.00 bits per heavy atom. The van der Waals surface area contributed by atoms with Crippen LogP contribution < -0.4 is 0 Å². The second kappa shape index (κ2) is 7.05. The van der Waals surface area contributed by atoms with E-state index in [9.17, 15) is 9.59 Å². The molecule has 2 aliphatic heterocycles. The number of hydrogen-bond acceptors (Lipinski definition) is 5. The minimum absolute atomic E-state index is 0.0115. The van der Waals surface area contributed by atoms with Crippen molar-refractivity contribution in [2.75, 3.05) is 40.3 Å². The van der Waals surface area contributed by atoms with Crippen molar-refractivity contribution in [3.63, 3.8) is 0 Å². The zero-order valence-electron chi connectivity index (χ0n) is 15.7. The molecule has 0 spiro atoms. The van der Waals surface area contributed by atoms with Gasteiger partial charge in [-0.2, -0.15) is 0 Å². The first kappa shape index (κ1) is 18.1. The number of rotatable bonds is 4. The van der Waals surface area contributed by atoms with Gasteiger partial charge in [-0.25, -0.2) is 0 Å². The summed E-state index contributed by atoms with van der Waals surface area (Å²) in [5, 5.41) is 2.09. The third-order valence-corrected chi connectivity index (χ3v) is 6.55. The smallest absolute Gasteiger partial charge is 0.254 e. The molecule has 2 fully saturated rings. The van der Waals surface area contributed by atoms with E-state index >= 15 is 0 Å². The van der Waals surface area contributed by atoms with Crippen molar-refractivity contribution in [2.24, 2.45) is 11.3 Å². The van der Waals surface area contributed by atoms with Crippen molar-refractivity contribution in [1.82, 2.24) is 19.7 Å². The summed E-state index contributed by atoms with van der Waals surface area (Å²) in [4.78, 5) is 37.3. The summed E-state index contributed by atoms with van der Waals surface area (Å²) in [7, 11) is 3.62. The lowest BCUT2D eigenvalue weighted by Gasteiger charge is -2.30. The Morgan fingerprint density at radius 3 is 2.67 bits per heavy atom. The average molecular weight is 385 g/mol. The van der Waals surface area contributed by atoms with E-state index in [1.54, 1.807) is 40.8 Å². The minimum Gasteiger partial charge on any atom is -0.348 e. The van der Waals surface area contributed by atoms with Gasteiger partial charge in [-0.05, 0) is 23.6 Å². The Hall–Kier alpha value is -2.25.